The first kappa shape index (κ1) is 28.1. The number of nitrogens with zero attached hydrogens (tertiary/aromatic N) is 3. The van der Waals surface area contributed by atoms with Gasteiger partial charge in [0, 0.05) is 23.2 Å². The fourth-order valence-electron chi connectivity index (χ4n) is 3.19. The highest BCUT2D eigenvalue weighted by Crippen LogP contribution is 2.28. The topological polar surface area (TPSA) is 107 Å². The van der Waals surface area contributed by atoms with Crippen LogP contribution < -0.4 is 20.1 Å². The number of carbonyl (C=O) groups excluding carboxylic acids is 2. The average molecular weight is 596 g/mol. The van der Waals surface area contributed by atoms with Crippen LogP contribution in [0.4, 0.5) is 14.5 Å². The molecule has 2 aromatic carbocycles. The molecular weight excluding hydrogens is 572 g/mol. The summed E-state index contributed by atoms with van der Waals surface area (Å²) in [4.78, 5) is 24.6. The Kier molecular flexibility index (Phi) is 10.0. The minimum absolute atomic E-state index is 0.0815. The summed E-state index contributed by atoms with van der Waals surface area (Å²) < 4.78 is 39.5. The second kappa shape index (κ2) is 13.2. The van der Waals surface area contributed by atoms with Gasteiger partial charge in [0.25, 0.3) is 0 Å². The van der Waals surface area contributed by atoms with Crippen LogP contribution in [0.5, 0.6) is 11.5 Å². The summed E-state index contributed by atoms with van der Waals surface area (Å²) in [6.07, 6.45) is 3.03. The summed E-state index contributed by atoms with van der Waals surface area (Å²) in [5.74, 6) is -0.922. The van der Waals surface area contributed by atoms with E-state index < -0.39 is 17.5 Å². The second-order valence-corrected chi connectivity index (χ2v) is 9.19. The number of rotatable bonds is 11. The first-order chi connectivity index (χ1) is 17.7. The van der Waals surface area contributed by atoms with Crippen LogP contribution in [0.15, 0.2) is 46.0 Å². The largest absolute Gasteiger partial charge is 0.493 e. The quantitative estimate of drug-likeness (QED) is 0.250. The van der Waals surface area contributed by atoms with E-state index in [1.807, 2.05) is 6.92 Å². The zero-order valence-electron chi connectivity index (χ0n) is 20.2. The molecule has 3 aromatic rings. The molecule has 0 spiro atoms. The molecule has 2 N–H and O–H groups in total. The zero-order chi connectivity index (χ0) is 26.9. The van der Waals surface area contributed by atoms with E-state index in [0.29, 0.717) is 35.1 Å². The number of aromatic nitrogens is 3. The normalized spacial score (nSPS) is 11.0. The Morgan fingerprint density at radius 3 is 2.57 bits per heavy atom. The molecule has 0 saturated heterocycles. The first-order valence-corrected chi connectivity index (χ1v) is 12.7. The number of amides is 2. The van der Waals surface area contributed by atoms with Crippen LogP contribution >= 0.6 is 27.7 Å². The molecule has 0 unspecified atom stereocenters. The van der Waals surface area contributed by atoms with E-state index in [9.17, 15) is 18.4 Å². The van der Waals surface area contributed by atoms with E-state index >= 15 is 0 Å². The predicted octanol–water partition coefficient (Wildman–Crippen LogP) is 4.42. The third-order valence-corrected chi connectivity index (χ3v) is 6.56. The van der Waals surface area contributed by atoms with Crippen molar-refractivity contribution in [1.82, 2.24) is 20.1 Å². The van der Waals surface area contributed by atoms with Gasteiger partial charge in [0.05, 0.1) is 32.2 Å². The maximum absolute atomic E-state index is 14.0. The SMILES string of the molecule is CCn1c(CNC(=O)C=Cc2ccc(OC)c(OC)c2)nnc1SCC(=O)Nc1c(F)cc(F)cc1Br. The second-order valence-electron chi connectivity index (χ2n) is 7.39. The van der Waals surface area contributed by atoms with Crippen LogP contribution in [-0.2, 0) is 22.7 Å². The summed E-state index contributed by atoms with van der Waals surface area (Å²) in [5, 5.41) is 13.8. The van der Waals surface area contributed by atoms with Crippen molar-refractivity contribution in [2.75, 3.05) is 25.3 Å². The van der Waals surface area contributed by atoms with E-state index in [1.165, 1.54) is 13.2 Å². The zero-order valence-corrected chi connectivity index (χ0v) is 22.6. The number of thioether (sulfide) groups is 1. The summed E-state index contributed by atoms with van der Waals surface area (Å²) in [6, 6.07) is 7.03. The van der Waals surface area contributed by atoms with Crippen LogP contribution in [0.2, 0.25) is 0 Å². The van der Waals surface area contributed by atoms with Crippen LogP contribution in [0.1, 0.15) is 18.3 Å². The van der Waals surface area contributed by atoms with Crippen molar-refractivity contribution in [3.05, 3.63) is 63.9 Å². The Morgan fingerprint density at radius 2 is 1.89 bits per heavy atom. The minimum Gasteiger partial charge on any atom is -0.493 e. The Labute approximate surface area is 224 Å². The Bertz CT molecular complexity index is 1300. The molecule has 37 heavy (non-hydrogen) atoms. The lowest BCUT2D eigenvalue weighted by Crippen LogP contribution is -2.22. The first-order valence-electron chi connectivity index (χ1n) is 10.9. The van der Waals surface area contributed by atoms with Gasteiger partial charge in [-0.05, 0) is 52.7 Å². The highest BCUT2D eigenvalue weighted by atomic mass is 79.9. The molecule has 0 aliphatic heterocycles. The lowest BCUT2D eigenvalue weighted by Gasteiger charge is -2.10. The summed E-state index contributed by atoms with van der Waals surface area (Å²) >= 11 is 4.14. The van der Waals surface area contributed by atoms with Crippen molar-refractivity contribution in [2.45, 2.75) is 25.2 Å². The highest BCUT2D eigenvalue weighted by molar-refractivity contribution is 9.10. The van der Waals surface area contributed by atoms with Crippen LogP contribution in [0.25, 0.3) is 6.08 Å². The molecule has 0 aliphatic carbocycles. The molecule has 3 rings (SSSR count). The molecule has 0 radical (unpaired) electrons. The Morgan fingerprint density at radius 1 is 1.14 bits per heavy atom. The third kappa shape index (κ3) is 7.52. The summed E-state index contributed by atoms with van der Waals surface area (Å²) in [7, 11) is 3.08. The maximum Gasteiger partial charge on any atom is 0.244 e. The fraction of sp³-hybridized carbons (Fsp3) is 0.250. The summed E-state index contributed by atoms with van der Waals surface area (Å²) in [5.41, 5.74) is 0.613. The van der Waals surface area contributed by atoms with Crippen molar-refractivity contribution in [2.24, 2.45) is 0 Å². The lowest BCUT2D eigenvalue weighted by molar-refractivity contribution is -0.116. The predicted molar refractivity (Wildman–Crippen MR) is 140 cm³/mol. The van der Waals surface area contributed by atoms with Crippen molar-refractivity contribution in [1.29, 1.82) is 0 Å². The Hall–Kier alpha value is -3.45. The van der Waals surface area contributed by atoms with E-state index in [1.54, 1.807) is 36.0 Å². The molecule has 1 aromatic heterocycles. The van der Waals surface area contributed by atoms with Crippen LogP contribution in [0.3, 0.4) is 0 Å². The van der Waals surface area contributed by atoms with Gasteiger partial charge >= 0.3 is 0 Å². The molecular formula is C24H24BrF2N5O4S. The number of hydrogen-bond donors (Lipinski definition) is 2. The molecule has 1 heterocycles. The number of anilines is 1. The number of methoxy groups -OCH3 is 2. The van der Waals surface area contributed by atoms with E-state index in [0.717, 1.165) is 23.4 Å². The van der Waals surface area contributed by atoms with Gasteiger partial charge in [-0.2, -0.15) is 0 Å². The molecule has 0 atom stereocenters. The van der Waals surface area contributed by atoms with E-state index in [4.69, 9.17) is 9.47 Å². The Balaban J connectivity index is 1.56. The molecule has 0 fully saturated rings. The van der Waals surface area contributed by atoms with Crippen molar-refractivity contribution in [3.8, 4) is 11.5 Å². The number of benzene rings is 2. The lowest BCUT2D eigenvalue weighted by atomic mass is 10.2. The number of nitrogens with one attached hydrogen (secondary N) is 2. The standard InChI is InChI=1S/C24H24BrF2N5O4S/c1-4-32-20(12-28-21(33)8-6-14-5-7-18(35-2)19(9-14)36-3)30-31-24(32)37-13-22(34)29-23-16(25)10-15(26)11-17(23)27/h5-11H,4,12-13H2,1-3H3,(H,28,33)(H,29,34). The molecule has 0 aliphatic rings. The monoisotopic (exact) mass is 595 g/mol. The van der Waals surface area contributed by atoms with Gasteiger partial charge in [0.1, 0.15) is 5.82 Å². The summed E-state index contributed by atoms with van der Waals surface area (Å²) in [6.45, 7) is 2.50. The molecule has 2 amide bonds. The molecule has 0 saturated carbocycles. The molecule has 13 heteroatoms. The van der Waals surface area contributed by atoms with Gasteiger partial charge in [0.15, 0.2) is 28.3 Å². The van der Waals surface area contributed by atoms with Crippen LogP contribution in [-0.4, -0.2) is 46.6 Å². The molecule has 196 valence electrons. The number of hydrogen-bond acceptors (Lipinski definition) is 7. The van der Waals surface area contributed by atoms with Gasteiger partial charge in [-0.25, -0.2) is 8.78 Å². The number of ether oxygens (including phenoxy) is 2. The maximum atomic E-state index is 14.0. The average Bonchev–Trinajstić information content (AvgIpc) is 3.28. The fourth-order valence-corrected chi connectivity index (χ4v) is 4.52. The van der Waals surface area contributed by atoms with Gasteiger partial charge in [0.2, 0.25) is 11.8 Å². The smallest absolute Gasteiger partial charge is 0.244 e. The van der Waals surface area contributed by atoms with Gasteiger partial charge < -0.3 is 24.7 Å². The third-order valence-electron chi connectivity index (χ3n) is 4.97. The van der Waals surface area contributed by atoms with Crippen LogP contribution in [0, 0.1) is 11.6 Å². The van der Waals surface area contributed by atoms with Crippen molar-refractivity contribution >= 4 is 51.3 Å². The number of carbonyl (C=O) groups is 2. The van der Waals surface area contributed by atoms with Crippen molar-refractivity contribution < 1.29 is 27.8 Å². The molecule has 0 bridgehead atoms. The van der Waals surface area contributed by atoms with Gasteiger partial charge in [-0.15, -0.1) is 10.2 Å². The van der Waals surface area contributed by atoms with Crippen molar-refractivity contribution in [3.63, 3.8) is 0 Å². The van der Waals surface area contributed by atoms with Gasteiger partial charge in [-0.3, -0.25) is 9.59 Å². The highest BCUT2D eigenvalue weighted by Gasteiger charge is 2.16. The minimum atomic E-state index is -0.889. The van der Waals surface area contributed by atoms with Gasteiger partial charge in [-0.1, -0.05) is 17.8 Å². The van der Waals surface area contributed by atoms with E-state index in [-0.39, 0.29) is 28.4 Å². The van der Waals surface area contributed by atoms with E-state index in [2.05, 4.69) is 36.8 Å². The number of halogens is 3. The molecule has 9 nitrogen and oxygen atoms in total.